The van der Waals surface area contributed by atoms with E-state index in [1.807, 2.05) is 30.3 Å². The van der Waals surface area contributed by atoms with Gasteiger partial charge in [-0.2, -0.15) is 0 Å². The highest BCUT2D eigenvalue weighted by molar-refractivity contribution is 6.04. The molecule has 5 heteroatoms. The van der Waals surface area contributed by atoms with Crippen LogP contribution < -0.4 is 4.74 Å². The third kappa shape index (κ3) is 3.01. The number of hydrogen-bond donors (Lipinski definition) is 0. The number of ether oxygens (including phenoxy) is 2. The van der Waals surface area contributed by atoms with Gasteiger partial charge in [-0.05, 0) is 42.8 Å². The minimum absolute atomic E-state index is 0.154. The van der Waals surface area contributed by atoms with Crippen LogP contribution in [0.4, 0.5) is 0 Å². The van der Waals surface area contributed by atoms with E-state index in [2.05, 4.69) is 0 Å². The first-order valence-corrected chi connectivity index (χ1v) is 7.93. The number of carbonyl (C=O) groups is 2. The van der Waals surface area contributed by atoms with Gasteiger partial charge in [0.2, 0.25) is 0 Å². The molecule has 1 aromatic heterocycles. The number of fused-ring (bicyclic) bond motifs is 1. The lowest BCUT2D eigenvalue weighted by atomic mass is 10.0. The molecule has 0 saturated carbocycles. The Morgan fingerprint density at radius 3 is 2.40 bits per heavy atom. The topological polar surface area (TPSA) is 57.5 Å². The molecule has 1 heterocycles. The molecule has 25 heavy (non-hydrogen) atoms. The molecule has 0 aliphatic heterocycles. The summed E-state index contributed by atoms with van der Waals surface area (Å²) in [4.78, 5) is 24.9. The van der Waals surface area contributed by atoms with Crippen LogP contribution in [0.25, 0.3) is 10.9 Å². The van der Waals surface area contributed by atoms with Crippen LogP contribution in [0.5, 0.6) is 5.75 Å². The van der Waals surface area contributed by atoms with E-state index >= 15 is 0 Å². The summed E-state index contributed by atoms with van der Waals surface area (Å²) in [5, 5.41) is 0.793. The van der Waals surface area contributed by atoms with Gasteiger partial charge in [-0.15, -0.1) is 0 Å². The van der Waals surface area contributed by atoms with E-state index in [0.29, 0.717) is 11.3 Å². The fraction of sp³-hybridized carbons (Fsp3) is 0.200. The first-order chi connectivity index (χ1) is 12.1. The van der Waals surface area contributed by atoms with Crippen molar-refractivity contribution in [2.24, 2.45) is 0 Å². The maximum absolute atomic E-state index is 12.9. The minimum atomic E-state index is -0.496. The monoisotopic (exact) mass is 337 g/mol. The van der Waals surface area contributed by atoms with Gasteiger partial charge in [0.15, 0.2) is 0 Å². The van der Waals surface area contributed by atoms with E-state index in [1.165, 1.54) is 7.11 Å². The Hall–Kier alpha value is -3.08. The molecular formula is C20H19NO4. The molecule has 3 aromatic rings. The fourth-order valence-corrected chi connectivity index (χ4v) is 2.90. The molecule has 0 N–H and O–H groups in total. The lowest BCUT2D eigenvalue weighted by molar-refractivity contribution is -0.141. The van der Waals surface area contributed by atoms with E-state index in [1.54, 1.807) is 43.0 Å². The predicted molar refractivity (Wildman–Crippen MR) is 95.1 cm³/mol. The molecular weight excluding hydrogens is 318 g/mol. The molecule has 0 fully saturated rings. The number of nitrogens with zero attached hydrogens (tertiary/aromatic N) is 1. The van der Waals surface area contributed by atoms with E-state index in [-0.39, 0.29) is 11.9 Å². The van der Waals surface area contributed by atoms with Crippen LogP contribution in [0, 0.1) is 0 Å². The lowest BCUT2D eigenvalue weighted by Crippen LogP contribution is -2.12. The maximum atomic E-state index is 12.9. The van der Waals surface area contributed by atoms with Crippen LogP contribution >= 0.6 is 0 Å². The zero-order valence-corrected chi connectivity index (χ0v) is 14.4. The van der Waals surface area contributed by atoms with Gasteiger partial charge in [-0.1, -0.05) is 18.2 Å². The number of benzene rings is 2. The number of carbonyl (C=O) groups excluding carboxylic acids is 2. The summed E-state index contributed by atoms with van der Waals surface area (Å²) in [5.74, 6) is -0.340. The van der Waals surface area contributed by atoms with Crippen molar-refractivity contribution in [2.75, 3.05) is 14.2 Å². The molecule has 0 aliphatic rings. The Bertz CT molecular complexity index is 928. The molecule has 0 amide bonds. The molecule has 0 saturated heterocycles. The molecule has 5 nitrogen and oxygen atoms in total. The van der Waals surface area contributed by atoms with Crippen molar-refractivity contribution in [1.82, 2.24) is 4.57 Å². The SMILES string of the molecule is COC(=O)C(C)c1cn(C(=O)c2ccccc2)c2ccc(OC)cc12. The van der Waals surface area contributed by atoms with E-state index < -0.39 is 5.92 Å². The van der Waals surface area contributed by atoms with Crippen LogP contribution in [0.3, 0.4) is 0 Å². The van der Waals surface area contributed by atoms with Crippen molar-refractivity contribution in [3.8, 4) is 5.75 Å². The molecule has 2 aromatic carbocycles. The zero-order valence-electron chi connectivity index (χ0n) is 14.4. The summed E-state index contributed by atoms with van der Waals surface area (Å²) in [6.45, 7) is 1.76. The summed E-state index contributed by atoms with van der Waals surface area (Å²) >= 11 is 0. The van der Waals surface area contributed by atoms with Gasteiger partial charge in [0.1, 0.15) is 5.75 Å². The summed E-state index contributed by atoms with van der Waals surface area (Å²) in [6, 6.07) is 14.5. The second kappa shape index (κ2) is 6.81. The molecule has 1 atom stereocenters. The Kier molecular flexibility index (Phi) is 4.57. The average Bonchev–Trinajstić information content (AvgIpc) is 3.05. The van der Waals surface area contributed by atoms with Crippen molar-refractivity contribution >= 4 is 22.8 Å². The largest absolute Gasteiger partial charge is 0.497 e. The highest BCUT2D eigenvalue weighted by atomic mass is 16.5. The first-order valence-electron chi connectivity index (χ1n) is 7.93. The minimum Gasteiger partial charge on any atom is -0.497 e. The van der Waals surface area contributed by atoms with Gasteiger partial charge in [0, 0.05) is 17.1 Å². The van der Waals surface area contributed by atoms with Crippen molar-refractivity contribution in [2.45, 2.75) is 12.8 Å². The highest BCUT2D eigenvalue weighted by Crippen LogP contribution is 2.32. The fourth-order valence-electron chi connectivity index (χ4n) is 2.90. The number of methoxy groups -OCH3 is 2. The third-order valence-corrected chi connectivity index (χ3v) is 4.30. The normalized spacial score (nSPS) is 12.0. The van der Waals surface area contributed by atoms with Crippen LogP contribution in [0.15, 0.2) is 54.7 Å². The van der Waals surface area contributed by atoms with Crippen LogP contribution in [0.2, 0.25) is 0 Å². The summed E-state index contributed by atoms with van der Waals surface area (Å²) in [5.41, 5.74) is 2.03. The molecule has 0 bridgehead atoms. The molecule has 0 spiro atoms. The van der Waals surface area contributed by atoms with Crippen LogP contribution in [0.1, 0.15) is 28.8 Å². The zero-order chi connectivity index (χ0) is 18.0. The Labute approximate surface area is 145 Å². The number of aromatic nitrogens is 1. The van der Waals surface area contributed by atoms with Crippen molar-refractivity contribution in [1.29, 1.82) is 0 Å². The van der Waals surface area contributed by atoms with Gasteiger partial charge < -0.3 is 9.47 Å². The van der Waals surface area contributed by atoms with Gasteiger partial charge >= 0.3 is 5.97 Å². The summed E-state index contributed by atoms with van der Waals surface area (Å²) in [6.07, 6.45) is 1.71. The molecule has 0 radical (unpaired) electrons. The summed E-state index contributed by atoms with van der Waals surface area (Å²) < 4.78 is 11.7. The van der Waals surface area contributed by atoms with Crippen molar-refractivity contribution in [3.63, 3.8) is 0 Å². The number of hydrogen-bond acceptors (Lipinski definition) is 4. The second-order valence-electron chi connectivity index (χ2n) is 5.75. The average molecular weight is 337 g/mol. The molecule has 0 aliphatic carbocycles. The number of rotatable bonds is 4. The Balaban J connectivity index is 2.20. The van der Waals surface area contributed by atoms with Gasteiger partial charge in [0.05, 0.1) is 25.7 Å². The van der Waals surface area contributed by atoms with Crippen LogP contribution in [-0.4, -0.2) is 30.7 Å². The quantitative estimate of drug-likeness (QED) is 0.682. The van der Waals surface area contributed by atoms with E-state index in [0.717, 1.165) is 16.5 Å². The third-order valence-electron chi connectivity index (χ3n) is 4.30. The van der Waals surface area contributed by atoms with Crippen molar-refractivity contribution in [3.05, 3.63) is 65.9 Å². The van der Waals surface area contributed by atoms with Gasteiger partial charge in [0.25, 0.3) is 5.91 Å². The first kappa shape index (κ1) is 16.8. The Morgan fingerprint density at radius 2 is 1.76 bits per heavy atom. The van der Waals surface area contributed by atoms with E-state index in [4.69, 9.17) is 9.47 Å². The van der Waals surface area contributed by atoms with Crippen molar-refractivity contribution < 1.29 is 19.1 Å². The Morgan fingerprint density at radius 1 is 1.04 bits per heavy atom. The molecule has 1 unspecified atom stereocenters. The lowest BCUT2D eigenvalue weighted by Gasteiger charge is -2.08. The number of esters is 1. The molecule has 128 valence electrons. The maximum Gasteiger partial charge on any atom is 0.312 e. The second-order valence-corrected chi connectivity index (χ2v) is 5.75. The standard InChI is InChI=1S/C20H19NO4/c1-13(20(23)25-3)17-12-21(19(22)14-7-5-4-6-8-14)18-10-9-15(24-2)11-16(17)18/h4-13H,1-3H3. The summed E-state index contributed by atoms with van der Waals surface area (Å²) in [7, 11) is 2.93. The smallest absolute Gasteiger partial charge is 0.312 e. The predicted octanol–water partition coefficient (Wildman–Crippen LogP) is 3.61. The van der Waals surface area contributed by atoms with Gasteiger partial charge in [-0.3, -0.25) is 14.2 Å². The van der Waals surface area contributed by atoms with Crippen LogP contribution in [-0.2, 0) is 9.53 Å². The van der Waals surface area contributed by atoms with E-state index in [9.17, 15) is 9.59 Å². The van der Waals surface area contributed by atoms with Gasteiger partial charge in [-0.25, -0.2) is 0 Å². The highest BCUT2D eigenvalue weighted by Gasteiger charge is 2.23. The molecule has 3 rings (SSSR count).